The van der Waals surface area contributed by atoms with E-state index in [-0.39, 0.29) is 0 Å². The van der Waals surface area contributed by atoms with Crippen LogP contribution in [-0.2, 0) is 6.54 Å². The summed E-state index contributed by atoms with van der Waals surface area (Å²) in [6.07, 6.45) is 5.34. The topological polar surface area (TPSA) is 48.4 Å². The minimum atomic E-state index is -0.520. The molecule has 1 saturated heterocycles. The third kappa shape index (κ3) is 3.77. The van der Waals surface area contributed by atoms with Crippen LogP contribution in [0.15, 0.2) is 24.5 Å². The van der Waals surface area contributed by atoms with Crippen molar-refractivity contribution in [3.63, 3.8) is 0 Å². The second-order valence-electron chi connectivity index (χ2n) is 5.13. The molecular formula is C14H23N3O. The predicted octanol–water partition coefficient (Wildman–Crippen LogP) is 1.02. The standard InChI is InChI=1S/C14H23N3O/c1-2-17(11-13-3-7-15-8-4-13)12-14(18)5-9-16-10-6-14/h3-4,7-8,16,18H,2,5-6,9-12H2,1H3. The molecule has 0 unspecified atom stereocenters. The van der Waals surface area contributed by atoms with Crippen LogP contribution in [0.4, 0.5) is 0 Å². The van der Waals surface area contributed by atoms with E-state index in [1.54, 1.807) is 0 Å². The van der Waals surface area contributed by atoms with E-state index in [0.29, 0.717) is 0 Å². The molecule has 18 heavy (non-hydrogen) atoms. The summed E-state index contributed by atoms with van der Waals surface area (Å²) in [6.45, 7) is 6.58. The first-order valence-corrected chi connectivity index (χ1v) is 6.76. The van der Waals surface area contributed by atoms with Gasteiger partial charge in [-0.05, 0) is 50.2 Å². The number of piperidine rings is 1. The summed E-state index contributed by atoms with van der Waals surface area (Å²) < 4.78 is 0. The average molecular weight is 249 g/mol. The average Bonchev–Trinajstić information content (AvgIpc) is 2.40. The van der Waals surface area contributed by atoms with Crippen molar-refractivity contribution in [1.82, 2.24) is 15.2 Å². The van der Waals surface area contributed by atoms with Gasteiger partial charge in [-0.3, -0.25) is 9.88 Å². The van der Waals surface area contributed by atoms with Crippen LogP contribution in [0.1, 0.15) is 25.3 Å². The van der Waals surface area contributed by atoms with Crippen LogP contribution in [0.2, 0.25) is 0 Å². The molecule has 0 aromatic carbocycles. The van der Waals surface area contributed by atoms with Crippen molar-refractivity contribution in [3.8, 4) is 0 Å². The lowest BCUT2D eigenvalue weighted by Gasteiger charge is -2.37. The maximum absolute atomic E-state index is 10.6. The van der Waals surface area contributed by atoms with Crippen LogP contribution < -0.4 is 5.32 Å². The summed E-state index contributed by atoms with van der Waals surface area (Å²) in [6, 6.07) is 4.07. The first-order valence-electron chi connectivity index (χ1n) is 6.76. The molecule has 0 saturated carbocycles. The van der Waals surface area contributed by atoms with E-state index >= 15 is 0 Å². The Morgan fingerprint density at radius 2 is 2.00 bits per heavy atom. The van der Waals surface area contributed by atoms with Crippen LogP contribution in [0.25, 0.3) is 0 Å². The van der Waals surface area contributed by atoms with E-state index in [1.807, 2.05) is 24.5 Å². The minimum Gasteiger partial charge on any atom is -0.388 e. The Labute approximate surface area is 109 Å². The van der Waals surface area contributed by atoms with Gasteiger partial charge in [-0.2, -0.15) is 0 Å². The number of hydrogen-bond donors (Lipinski definition) is 2. The van der Waals surface area contributed by atoms with Gasteiger partial charge in [-0.1, -0.05) is 6.92 Å². The molecule has 0 bridgehead atoms. The smallest absolute Gasteiger partial charge is 0.0798 e. The van der Waals surface area contributed by atoms with E-state index in [2.05, 4.69) is 22.1 Å². The van der Waals surface area contributed by atoms with E-state index in [4.69, 9.17) is 0 Å². The van der Waals surface area contributed by atoms with Crippen molar-refractivity contribution in [2.45, 2.75) is 31.9 Å². The Bertz CT molecular complexity index is 349. The summed E-state index contributed by atoms with van der Waals surface area (Å²) in [5.41, 5.74) is 0.735. The molecule has 0 spiro atoms. The van der Waals surface area contributed by atoms with Crippen LogP contribution in [0.3, 0.4) is 0 Å². The summed E-state index contributed by atoms with van der Waals surface area (Å²) in [5, 5.41) is 13.9. The molecule has 1 fully saturated rings. The van der Waals surface area contributed by atoms with E-state index < -0.39 is 5.60 Å². The Morgan fingerprint density at radius 1 is 1.33 bits per heavy atom. The summed E-state index contributed by atoms with van der Waals surface area (Å²) >= 11 is 0. The largest absolute Gasteiger partial charge is 0.388 e. The van der Waals surface area contributed by atoms with Gasteiger partial charge in [0.05, 0.1) is 5.60 Å². The molecule has 0 radical (unpaired) electrons. The highest BCUT2D eigenvalue weighted by molar-refractivity contribution is 5.09. The lowest BCUT2D eigenvalue weighted by molar-refractivity contribution is -0.0216. The molecule has 1 aromatic rings. The summed E-state index contributed by atoms with van der Waals surface area (Å²) in [4.78, 5) is 6.34. The zero-order valence-electron chi connectivity index (χ0n) is 11.1. The maximum atomic E-state index is 10.6. The zero-order chi connectivity index (χ0) is 12.8. The number of rotatable bonds is 5. The van der Waals surface area contributed by atoms with Gasteiger partial charge in [0.25, 0.3) is 0 Å². The molecule has 4 nitrogen and oxygen atoms in total. The van der Waals surface area contributed by atoms with E-state index in [0.717, 1.165) is 45.6 Å². The Kier molecular flexibility index (Phi) is 4.69. The minimum absolute atomic E-state index is 0.520. The first-order chi connectivity index (χ1) is 8.72. The second-order valence-corrected chi connectivity index (χ2v) is 5.13. The van der Waals surface area contributed by atoms with Crippen LogP contribution in [0.5, 0.6) is 0 Å². The third-order valence-electron chi connectivity index (χ3n) is 3.65. The monoisotopic (exact) mass is 249 g/mol. The van der Waals surface area contributed by atoms with Gasteiger partial charge in [-0.15, -0.1) is 0 Å². The molecular weight excluding hydrogens is 226 g/mol. The fourth-order valence-electron chi connectivity index (χ4n) is 2.49. The van der Waals surface area contributed by atoms with Gasteiger partial charge in [0.1, 0.15) is 0 Å². The molecule has 1 aliphatic heterocycles. The van der Waals surface area contributed by atoms with Gasteiger partial charge < -0.3 is 10.4 Å². The number of nitrogens with one attached hydrogen (secondary N) is 1. The number of nitrogens with zero attached hydrogens (tertiary/aromatic N) is 2. The SMILES string of the molecule is CCN(Cc1ccncc1)CC1(O)CCNCC1. The van der Waals surface area contributed by atoms with Crippen LogP contribution >= 0.6 is 0 Å². The first kappa shape index (κ1) is 13.5. The van der Waals surface area contributed by atoms with Crippen molar-refractivity contribution in [2.75, 3.05) is 26.2 Å². The molecule has 0 atom stereocenters. The Balaban J connectivity index is 1.92. The molecule has 100 valence electrons. The Hall–Kier alpha value is -0.970. The van der Waals surface area contributed by atoms with E-state index in [9.17, 15) is 5.11 Å². The molecule has 1 aliphatic rings. The molecule has 2 N–H and O–H groups in total. The molecule has 2 heterocycles. The number of hydrogen-bond acceptors (Lipinski definition) is 4. The van der Waals surface area contributed by atoms with Gasteiger partial charge >= 0.3 is 0 Å². The Morgan fingerprint density at radius 3 is 2.61 bits per heavy atom. The zero-order valence-corrected chi connectivity index (χ0v) is 11.1. The lowest BCUT2D eigenvalue weighted by Crippen LogP contribution is -2.49. The number of aromatic nitrogens is 1. The number of pyridine rings is 1. The quantitative estimate of drug-likeness (QED) is 0.818. The van der Waals surface area contributed by atoms with Crippen LogP contribution in [-0.4, -0.2) is 46.8 Å². The number of likely N-dealkylation sites (N-methyl/N-ethyl adjacent to an activating group) is 1. The third-order valence-corrected chi connectivity index (χ3v) is 3.65. The van der Waals surface area contributed by atoms with Gasteiger partial charge in [0.2, 0.25) is 0 Å². The van der Waals surface area contributed by atoms with Crippen molar-refractivity contribution in [2.24, 2.45) is 0 Å². The summed E-state index contributed by atoms with van der Waals surface area (Å²) in [5.74, 6) is 0. The predicted molar refractivity (Wildman–Crippen MR) is 72.2 cm³/mol. The molecule has 0 aliphatic carbocycles. The molecule has 4 heteroatoms. The lowest BCUT2D eigenvalue weighted by atomic mass is 9.91. The highest BCUT2D eigenvalue weighted by atomic mass is 16.3. The molecule has 2 rings (SSSR count). The molecule has 1 aromatic heterocycles. The van der Waals surface area contributed by atoms with Gasteiger partial charge in [-0.25, -0.2) is 0 Å². The van der Waals surface area contributed by atoms with Gasteiger partial charge in [0.15, 0.2) is 0 Å². The highest BCUT2D eigenvalue weighted by Gasteiger charge is 2.30. The van der Waals surface area contributed by atoms with Crippen molar-refractivity contribution < 1.29 is 5.11 Å². The maximum Gasteiger partial charge on any atom is 0.0798 e. The molecule has 0 amide bonds. The normalized spacial score (nSPS) is 19.1. The number of aliphatic hydroxyl groups is 1. The second kappa shape index (κ2) is 6.27. The van der Waals surface area contributed by atoms with Crippen molar-refractivity contribution >= 4 is 0 Å². The highest BCUT2D eigenvalue weighted by Crippen LogP contribution is 2.20. The fourth-order valence-corrected chi connectivity index (χ4v) is 2.49. The van der Waals surface area contributed by atoms with Gasteiger partial charge in [0, 0.05) is 25.5 Å². The van der Waals surface area contributed by atoms with E-state index in [1.165, 1.54) is 5.56 Å². The summed E-state index contributed by atoms with van der Waals surface area (Å²) in [7, 11) is 0. The van der Waals surface area contributed by atoms with Crippen molar-refractivity contribution in [1.29, 1.82) is 0 Å². The fraction of sp³-hybridized carbons (Fsp3) is 0.643. The van der Waals surface area contributed by atoms with Crippen LogP contribution in [0, 0.1) is 0 Å². The van der Waals surface area contributed by atoms with Crippen molar-refractivity contribution in [3.05, 3.63) is 30.1 Å².